The molecule has 0 bridgehead atoms. The van der Waals surface area contributed by atoms with Crippen LogP contribution in [0.3, 0.4) is 0 Å². The van der Waals surface area contributed by atoms with Crippen LogP contribution in [0.1, 0.15) is 0 Å². The highest BCUT2D eigenvalue weighted by atomic mass is 32.1. The van der Waals surface area contributed by atoms with Crippen LogP contribution in [0.15, 0.2) is 17.6 Å². The highest BCUT2D eigenvalue weighted by Gasteiger charge is 2.36. The van der Waals surface area contributed by atoms with Crippen LogP contribution in [0.25, 0.3) is 0 Å². The number of carbonyl (C=O) groups is 2. The summed E-state index contributed by atoms with van der Waals surface area (Å²) in [5.41, 5.74) is 0. The van der Waals surface area contributed by atoms with E-state index >= 15 is 0 Å². The molecule has 1 aliphatic heterocycles. The summed E-state index contributed by atoms with van der Waals surface area (Å²) in [6.45, 7) is 3.80. The van der Waals surface area contributed by atoms with Gasteiger partial charge in [0.2, 0.25) is 11.8 Å². The monoisotopic (exact) mass is 225 g/mol. The number of amides is 2. The highest BCUT2D eigenvalue weighted by Crippen LogP contribution is 2.08. The standard InChI is InChI=1S/C9H11N3O2S/c1-3-4-12-8(14)6(5-10-2)7(13)11-9(12)15/h3,5-6H,1,4H2,2H3,(H,11,13,15). The molecule has 80 valence electrons. The average molecular weight is 225 g/mol. The summed E-state index contributed by atoms with van der Waals surface area (Å²) in [7, 11) is 1.51. The highest BCUT2D eigenvalue weighted by molar-refractivity contribution is 7.80. The van der Waals surface area contributed by atoms with Gasteiger partial charge >= 0.3 is 0 Å². The maximum absolute atomic E-state index is 11.8. The Morgan fingerprint density at radius 1 is 1.67 bits per heavy atom. The molecule has 0 aromatic carbocycles. The summed E-state index contributed by atoms with van der Waals surface area (Å²) < 4.78 is 0. The Labute approximate surface area is 92.9 Å². The third-order valence-electron chi connectivity index (χ3n) is 1.90. The van der Waals surface area contributed by atoms with Gasteiger partial charge in [-0.1, -0.05) is 6.08 Å². The lowest BCUT2D eigenvalue weighted by Crippen LogP contribution is -2.58. The topological polar surface area (TPSA) is 61.8 Å². The van der Waals surface area contributed by atoms with Crippen molar-refractivity contribution >= 4 is 35.4 Å². The lowest BCUT2D eigenvalue weighted by Gasteiger charge is -2.29. The first-order valence-corrected chi connectivity index (χ1v) is 4.72. The normalized spacial score (nSPS) is 22.1. The summed E-state index contributed by atoms with van der Waals surface area (Å²) >= 11 is 4.86. The van der Waals surface area contributed by atoms with Gasteiger partial charge in [-0.25, -0.2) is 0 Å². The number of thiocarbonyl (C=S) groups is 1. The van der Waals surface area contributed by atoms with Crippen molar-refractivity contribution in [3.05, 3.63) is 12.7 Å². The molecule has 1 N–H and O–H groups in total. The molecule has 1 unspecified atom stereocenters. The van der Waals surface area contributed by atoms with Gasteiger partial charge in [0.05, 0.1) is 0 Å². The van der Waals surface area contributed by atoms with E-state index in [1.54, 1.807) is 6.08 Å². The van der Waals surface area contributed by atoms with Gasteiger partial charge in [-0.05, 0) is 12.2 Å². The molecule has 1 atom stereocenters. The van der Waals surface area contributed by atoms with Gasteiger partial charge in [0.25, 0.3) is 0 Å². The zero-order chi connectivity index (χ0) is 11.4. The summed E-state index contributed by atoms with van der Waals surface area (Å²) in [6.07, 6.45) is 2.84. The van der Waals surface area contributed by atoms with Gasteiger partial charge < -0.3 is 5.32 Å². The van der Waals surface area contributed by atoms with Gasteiger partial charge in [0.1, 0.15) is 0 Å². The molecule has 6 heteroatoms. The fourth-order valence-corrected chi connectivity index (χ4v) is 1.48. The van der Waals surface area contributed by atoms with E-state index in [2.05, 4.69) is 16.9 Å². The van der Waals surface area contributed by atoms with Crippen LogP contribution in [-0.4, -0.2) is 41.6 Å². The molecule has 1 aliphatic rings. The Bertz CT molecular complexity index is 351. The maximum Gasteiger partial charge on any atom is 0.247 e. The summed E-state index contributed by atoms with van der Waals surface area (Å²) in [5.74, 6) is -1.69. The second-order valence-corrected chi connectivity index (χ2v) is 3.30. The minimum Gasteiger partial charge on any atom is -0.302 e. The molecule has 0 radical (unpaired) electrons. The molecule has 0 aromatic heterocycles. The number of hydrogen-bond donors (Lipinski definition) is 1. The molecular formula is C9H11N3O2S. The molecule has 0 aromatic rings. The fourth-order valence-electron chi connectivity index (χ4n) is 1.21. The van der Waals surface area contributed by atoms with Gasteiger partial charge in [0.15, 0.2) is 11.0 Å². The van der Waals surface area contributed by atoms with E-state index in [9.17, 15) is 9.59 Å². The first kappa shape index (κ1) is 11.5. The minimum atomic E-state index is -0.887. The van der Waals surface area contributed by atoms with Gasteiger partial charge in [-0.2, -0.15) is 0 Å². The summed E-state index contributed by atoms with van der Waals surface area (Å²) in [6, 6.07) is 0. The third kappa shape index (κ3) is 2.27. The Morgan fingerprint density at radius 3 is 2.87 bits per heavy atom. The lowest BCUT2D eigenvalue weighted by atomic mass is 10.1. The number of hydrogen-bond acceptors (Lipinski definition) is 4. The number of aliphatic imine (C=N–C) groups is 1. The Morgan fingerprint density at radius 2 is 2.33 bits per heavy atom. The summed E-state index contributed by atoms with van der Waals surface area (Å²) in [4.78, 5) is 28.1. The van der Waals surface area contributed by atoms with Crippen molar-refractivity contribution < 1.29 is 9.59 Å². The molecule has 5 nitrogen and oxygen atoms in total. The van der Waals surface area contributed by atoms with E-state index in [1.807, 2.05) is 0 Å². The molecule has 2 amide bonds. The van der Waals surface area contributed by atoms with Crippen LogP contribution >= 0.6 is 12.2 Å². The third-order valence-corrected chi connectivity index (χ3v) is 2.22. The van der Waals surface area contributed by atoms with Crippen LogP contribution in [0.5, 0.6) is 0 Å². The summed E-state index contributed by atoms with van der Waals surface area (Å²) in [5, 5.41) is 2.55. The quantitative estimate of drug-likeness (QED) is 0.311. The van der Waals surface area contributed by atoms with Crippen LogP contribution in [-0.2, 0) is 9.59 Å². The van der Waals surface area contributed by atoms with Crippen LogP contribution in [0.2, 0.25) is 0 Å². The molecule has 0 saturated carbocycles. The molecule has 1 saturated heterocycles. The van der Waals surface area contributed by atoms with Crippen molar-refractivity contribution in [2.45, 2.75) is 0 Å². The van der Waals surface area contributed by atoms with Crippen molar-refractivity contribution in [1.82, 2.24) is 10.2 Å². The molecule has 1 heterocycles. The van der Waals surface area contributed by atoms with Crippen LogP contribution in [0, 0.1) is 5.92 Å². The van der Waals surface area contributed by atoms with E-state index in [1.165, 1.54) is 18.2 Å². The van der Waals surface area contributed by atoms with Gasteiger partial charge in [0, 0.05) is 19.8 Å². The molecule has 15 heavy (non-hydrogen) atoms. The lowest BCUT2D eigenvalue weighted by molar-refractivity contribution is -0.137. The zero-order valence-electron chi connectivity index (χ0n) is 8.27. The maximum atomic E-state index is 11.8. The first-order valence-electron chi connectivity index (χ1n) is 4.31. The largest absolute Gasteiger partial charge is 0.302 e. The molecule has 1 fully saturated rings. The van der Waals surface area contributed by atoms with E-state index < -0.39 is 11.8 Å². The second-order valence-electron chi connectivity index (χ2n) is 2.92. The number of carbonyl (C=O) groups excluding carboxylic acids is 2. The fraction of sp³-hybridized carbons (Fsp3) is 0.333. The van der Waals surface area contributed by atoms with E-state index in [4.69, 9.17) is 12.2 Å². The SMILES string of the molecule is C=CCN1C(=O)C(C=NC)C(=O)NC1=S. The minimum absolute atomic E-state index is 0.116. The van der Waals surface area contributed by atoms with Gasteiger partial charge in [-0.3, -0.25) is 19.5 Å². The number of nitrogens with zero attached hydrogens (tertiary/aromatic N) is 2. The molecular weight excluding hydrogens is 214 g/mol. The predicted molar refractivity (Wildman–Crippen MR) is 60.6 cm³/mol. The number of nitrogens with one attached hydrogen (secondary N) is 1. The average Bonchev–Trinajstić information content (AvgIpc) is 2.19. The Kier molecular flexibility index (Phi) is 3.68. The van der Waals surface area contributed by atoms with Crippen molar-refractivity contribution in [3.8, 4) is 0 Å². The van der Waals surface area contributed by atoms with Gasteiger partial charge in [-0.15, -0.1) is 6.58 Å². The molecule has 1 rings (SSSR count). The van der Waals surface area contributed by atoms with Crippen molar-refractivity contribution in [2.75, 3.05) is 13.6 Å². The first-order chi connectivity index (χ1) is 7.11. The molecule has 0 aliphatic carbocycles. The van der Waals surface area contributed by atoms with Crippen molar-refractivity contribution in [1.29, 1.82) is 0 Å². The van der Waals surface area contributed by atoms with Crippen molar-refractivity contribution in [2.24, 2.45) is 10.9 Å². The Balaban J connectivity index is 2.93. The molecule has 0 spiro atoms. The Hall–Kier alpha value is -1.56. The second kappa shape index (κ2) is 4.79. The van der Waals surface area contributed by atoms with Crippen molar-refractivity contribution in [3.63, 3.8) is 0 Å². The van der Waals surface area contributed by atoms with E-state index in [0.717, 1.165) is 0 Å². The predicted octanol–water partition coefficient (Wildman–Crippen LogP) is -0.267. The van der Waals surface area contributed by atoms with Crippen LogP contribution < -0.4 is 5.32 Å². The zero-order valence-corrected chi connectivity index (χ0v) is 9.08. The van der Waals surface area contributed by atoms with Crippen LogP contribution in [0.4, 0.5) is 0 Å². The van der Waals surface area contributed by atoms with E-state index in [0.29, 0.717) is 0 Å². The van der Waals surface area contributed by atoms with E-state index in [-0.39, 0.29) is 17.6 Å². The smallest absolute Gasteiger partial charge is 0.247 e. The number of rotatable bonds is 3.